The van der Waals surface area contributed by atoms with Crippen molar-refractivity contribution in [1.29, 1.82) is 0 Å². The molecule has 4 aliphatic carbocycles. The van der Waals surface area contributed by atoms with Gasteiger partial charge in [-0.3, -0.25) is 19.2 Å². The maximum Gasteiger partial charge on any atom is 0.306 e. The van der Waals surface area contributed by atoms with Gasteiger partial charge in [0.25, 0.3) is 0 Å². The molecule has 3 saturated carbocycles. The Morgan fingerprint density at radius 2 is 1.65 bits per heavy atom. The van der Waals surface area contributed by atoms with Crippen molar-refractivity contribution in [2.24, 2.45) is 28.6 Å². The number of carbonyl (C=O) groups is 4. The van der Waals surface area contributed by atoms with Gasteiger partial charge in [-0.2, -0.15) is 0 Å². The van der Waals surface area contributed by atoms with Gasteiger partial charge in [-0.15, -0.1) is 0 Å². The van der Waals surface area contributed by atoms with Crippen LogP contribution < -0.4 is 0 Å². The highest BCUT2D eigenvalue weighted by Gasteiger charge is 2.69. The number of ether oxygens (including phenoxy) is 2. The second-order valence-electron chi connectivity index (χ2n) is 11.5. The van der Waals surface area contributed by atoms with Crippen LogP contribution in [0.15, 0.2) is 11.6 Å². The van der Waals surface area contributed by atoms with E-state index in [0.717, 1.165) is 38.5 Å². The topological polar surface area (TPSA) is 86.7 Å². The molecule has 0 radical (unpaired) electrons. The number of hydrogen-bond acceptors (Lipinski definition) is 6. The summed E-state index contributed by atoms with van der Waals surface area (Å²) in [5.41, 5.74) is -0.406. The minimum Gasteiger partial charge on any atom is -0.454 e. The number of hydrogen-bond donors (Lipinski definition) is 0. The Hall–Kier alpha value is -1.98. The van der Waals surface area contributed by atoms with Gasteiger partial charge in [0, 0.05) is 24.7 Å². The Labute approximate surface area is 203 Å². The largest absolute Gasteiger partial charge is 0.454 e. The van der Waals surface area contributed by atoms with Gasteiger partial charge in [-0.25, -0.2) is 0 Å². The van der Waals surface area contributed by atoms with E-state index >= 15 is 0 Å². The van der Waals surface area contributed by atoms with Gasteiger partial charge in [-0.1, -0.05) is 33.3 Å². The van der Waals surface area contributed by atoms with Gasteiger partial charge >= 0.3 is 11.9 Å². The molecule has 0 aliphatic heterocycles. The van der Waals surface area contributed by atoms with Crippen LogP contribution in [0.2, 0.25) is 0 Å². The molecule has 3 fully saturated rings. The van der Waals surface area contributed by atoms with Crippen LogP contribution in [-0.4, -0.2) is 35.2 Å². The number of rotatable bonds is 6. The summed E-state index contributed by atoms with van der Waals surface area (Å²) in [6.45, 7) is 9.52. The standard InChI is InChI=1S/C28H40O6/c1-6-23(30)33-17(3)25(32)28(34-24(31)7-2)15-12-22-20-9-8-18-16-19(29)10-13-26(18,4)21(20)11-14-27(22,28)5/h16-17,20-22H,6-15H2,1-5H3/t17?,20-,21+,22+,26+,27+,28+/m1/s1. The number of ketones is 2. The minimum absolute atomic E-state index is 0.0391. The zero-order chi connectivity index (χ0) is 24.9. The van der Waals surface area contributed by atoms with Crippen molar-refractivity contribution < 1.29 is 28.7 Å². The second kappa shape index (κ2) is 8.91. The lowest BCUT2D eigenvalue weighted by Gasteiger charge is -2.59. The second-order valence-corrected chi connectivity index (χ2v) is 11.5. The lowest BCUT2D eigenvalue weighted by molar-refractivity contribution is -0.195. The van der Waals surface area contributed by atoms with Crippen molar-refractivity contribution in [1.82, 2.24) is 0 Å². The molecule has 0 aromatic rings. The summed E-state index contributed by atoms with van der Waals surface area (Å²) in [7, 11) is 0. The van der Waals surface area contributed by atoms with E-state index in [2.05, 4.69) is 13.8 Å². The van der Waals surface area contributed by atoms with E-state index in [9.17, 15) is 19.2 Å². The highest BCUT2D eigenvalue weighted by molar-refractivity contribution is 5.95. The fourth-order valence-corrected chi connectivity index (χ4v) is 8.11. The first-order chi connectivity index (χ1) is 16.0. The molecule has 0 bridgehead atoms. The Bertz CT molecular complexity index is 920. The first-order valence-electron chi connectivity index (χ1n) is 13.2. The Morgan fingerprint density at radius 1 is 0.971 bits per heavy atom. The van der Waals surface area contributed by atoms with Crippen LogP contribution in [0.1, 0.15) is 98.8 Å². The maximum absolute atomic E-state index is 13.9. The molecule has 34 heavy (non-hydrogen) atoms. The molecule has 0 heterocycles. The van der Waals surface area contributed by atoms with Crippen LogP contribution in [0.5, 0.6) is 0 Å². The summed E-state index contributed by atoms with van der Waals surface area (Å²) in [6.07, 6.45) is 7.83. The normalized spacial score (nSPS) is 39.7. The molecule has 4 aliphatic rings. The van der Waals surface area contributed by atoms with Gasteiger partial charge in [0.1, 0.15) is 0 Å². The molecule has 0 amide bonds. The predicted molar refractivity (Wildman–Crippen MR) is 127 cm³/mol. The number of allylic oxidation sites excluding steroid dienone is 1. The molecular weight excluding hydrogens is 432 g/mol. The minimum atomic E-state index is -1.26. The third-order valence-corrected chi connectivity index (χ3v) is 10.0. The van der Waals surface area contributed by atoms with E-state index in [0.29, 0.717) is 24.7 Å². The molecule has 0 N–H and O–H groups in total. The van der Waals surface area contributed by atoms with E-state index in [1.54, 1.807) is 20.8 Å². The number of esters is 2. The highest BCUT2D eigenvalue weighted by atomic mass is 16.6. The van der Waals surface area contributed by atoms with Gasteiger partial charge in [0.2, 0.25) is 5.78 Å². The van der Waals surface area contributed by atoms with Crippen molar-refractivity contribution in [3.63, 3.8) is 0 Å². The van der Waals surface area contributed by atoms with Crippen LogP contribution in [-0.2, 0) is 28.7 Å². The summed E-state index contributed by atoms with van der Waals surface area (Å²) in [5, 5.41) is 0. The van der Waals surface area contributed by atoms with Crippen LogP contribution in [0.4, 0.5) is 0 Å². The lowest BCUT2D eigenvalue weighted by Crippen LogP contribution is -2.61. The third-order valence-electron chi connectivity index (χ3n) is 10.0. The fourth-order valence-electron chi connectivity index (χ4n) is 8.11. The molecule has 0 spiro atoms. The third kappa shape index (κ3) is 3.67. The molecule has 0 aromatic carbocycles. The first-order valence-corrected chi connectivity index (χ1v) is 13.2. The van der Waals surface area contributed by atoms with Crippen LogP contribution in [0, 0.1) is 28.6 Å². The smallest absolute Gasteiger partial charge is 0.306 e. The Morgan fingerprint density at radius 3 is 2.32 bits per heavy atom. The van der Waals surface area contributed by atoms with Gasteiger partial charge < -0.3 is 9.47 Å². The van der Waals surface area contributed by atoms with Crippen molar-refractivity contribution in [2.75, 3.05) is 0 Å². The first kappa shape index (κ1) is 25.1. The van der Waals surface area contributed by atoms with E-state index in [-0.39, 0.29) is 41.7 Å². The number of Topliss-reactive ketones (excluding diaryl/α,β-unsaturated/α-hetero) is 1. The number of carbonyl (C=O) groups excluding carboxylic acids is 4. The SMILES string of the molecule is CCC(=O)OC(C)C(=O)[C@@]1(OC(=O)CC)CC[C@H]2[C@@H]3CCC4=CC(=O)CC[C@]4(C)[C@H]3CC[C@@]21C. The van der Waals surface area contributed by atoms with Gasteiger partial charge in [-0.05, 0) is 81.1 Å². The van der Waals surface area contributed by atoms with E-state index < -0.39 is 23.1 Å². The van der Waals surface area contributed by atoms with Crippen molar-refractivity contribution >= 4 is 23.5 Å². The van der Waals surface area contributed by atoms with Crippen molar-refractivity contribution in [2.45, 2.75) is 111 Å². The Kier molecular flexibility index (Phi) is 6.58. The quantitative estimate of drug-likeness (QED) is 0.499. The fraction of sp³-hybridized carbons (Fsp3) is 0.786. The maximum atomic E-state index is 13.9. The van der Waals surface area contributed by atoms with Crippen LogP contribution >= 0.6 is 0 Å². The molecule has 188 valence electrons. The predicted octanol–water partition coefficient (Wildman–Crippen LogP) is 5.12. The van der Waals surface area contributed by atoms with Gasteiger partial charge in [0.15, 0.2) is 17.5 Å². The average molecular weight is 473 g/mol. The summed E-state index contributed by atoms with van der Waals surface area (Å²) in [4.78, 5) is 50.6. The molecule has 1 unspecified atom stereocenters. The molecule has 6 heteroatoms. The van der Waals surface area contributed by atoms with Gasteiger partial charge in [0.05, 0.1) is 0 Å². The zero-order valence-electron chi connectivity index (χ0n) is 21.4. The zero-order valence-corrected chi connectivity index (χ0v) is 21.4. The van der Waals surface area contributed by atoms with Crippen molar-refractivity contribution in [3.05, 3.63) is 11.6 Å². The average Bonchev–Trinajstić information content (AvgIpc) is 3.11. The summed E-state index contributed by atoms with van der Waals surface area (Å²) in [5.74, 6) is 0.333. The molecule has 0 saturated heterocycles. The van der Waals surface area contributed by atoms with E-state index in [1.807, 2.05) is 6.08 Å². The lowest BCUT2D eigenvalue weighted by atomic mass is 9.46. The molecule has 4 rings (SSSR count). The molecule has 7 atom stereocenters. The van der Waals surface area contributed by atoms with Crippen molar-refractivity contribution in [3.8, 4) is 0 Å². The molecule has 6 nitrogen and oxygen atoms in total. The van der Waals surface area contributed by atoms with Crippen LogP contribution in [0.25, 0.3) is 0 Å². The number of fused-ring (bicyclic) bond motifs is 5. The monoisotopic (exact) mass is 472 g/mol. The van der Waals surface area contributed by atoms with Crippen LogP contribution in [0.3, 0.4) is 0 Å². The molecule has 0 aromatic heterocycles. The Balaban J connectivity index is 1.68. The summed E-state index contributed by atoms with van der Waals surface area (Å²) >= 11 is 0. The summed E-state index contributed by atoms with van der Waals surface area (Å²) in [6, 6.07) is 0. The van der Waals surface area contributed by atoms with E-state index in [4.69, 9.17) is 9.47 Å². The highest BCUT2D eigenvalue weighted by Crippen LogP contribution is 2.68. The summed E-state index contributed by atoms with van der Waals surface area (Å²) < 4.78 is 11.5. The van der Waals surface area contributed by atoms with E-state index in [1.165, 1.54) is 5.57 Å². The molecular formula is C28H40O6.